The Kier molecular flexibility index (Phi) is 2.77. The van der Waals surface area contributed by atoms with Gasteiger partial charge in [0.05, 0.1) is 22.7 Å². The topological polar surface area (TPSA) is 52.5 Å². The monoisotopic (exact) mass is 247 g/mol. The molecule has 0 radical (unpaired) electrons. The number of imidazole rings is 1. The van der Waals surface area contributed by atoms with Gasteiger partial charge in [0.25, 0.3) is 0 Å². The fraction of sp³-hybridized carbons (Fsp3) is 0.125. The number of hydrogen-bond acceptors (Lipinski definition) is 2. The van der Waals surface area contributed by atoms with E-state index in [-0.39, 0.29) is 0 Å². The number of nitrogens with one attached hydrogen (secondary N) is 1. The van der Waals surface area contributed by atoms with E-state index in [1.54, 1.807) is 6.07 Å². The van der Waals surface area contributed by atoms with Gasteiger partial charge in [-0.2, -0.15) is 5.26 Å². The van der Waals surface area contributed by atoms with Gasteiger partial charge in [0, 0.05) is 5.56 Å². The molecule has 3 aromatic rings. The van der Waals surface area contributed by atoms with E-state index in [1.807, 2.05) is 24.3 Å². The molecule has 0 unspecified atom stereocenters. The maximum atomic E-state index is 8.92. The van der Waals surface area contributed by atoms with Gasteiger partial charge in [-0.05, 0) is 30.2 Å². The van der Waals surface area contributed by atoms with E-state index in [1.165, 1.54) is 5.56 Å². The van der Waals surface area contributed by atoms with E-state index in [4.69, 9.17) is 5.26 Å². The molecular weight excluding hydrogens is 234 g/mol. The highest BCUT2D eigenvalue weighted by molar-refractivity contribution is 5.81. The smallest absolute Gasteiger partial charge is 0.138 e. The number of aromatic amines is 1. The highest BCUT2D eigenvalue weighted by atomic mass is 14.9. The van der Waals surface area contributed by atoms with E-state index in [2.05, 4.69) is 35.1 Å². The van der Waals surface area contributed by atoms with Gasteiger partial charge in [-0.25, -0.2) is 4.98 Å². The van der Waals surface area contributed by atoms with Crippen molar-refractivity contribution < 1.29 is 0 Å². The average Bonchev–Trinajstić information content (AvgIpc) is 2.89. The minimum atomic E-state index is 0.645. The van der Waals surface area contributed by atoms with E-state index in [9.17, 15) is 0 Å². The Morgan fingerprint density at radius 2 is 2.05 bits per heavy atom. The van der Waals surface area contributed by atoms with Gasteiger partial charge in [-0.1, -0.05) is 31.2 Å². The van der Waals surface area contributed by atoms with E-state index < -0.39 is 0 Å². The van der Waals surface area contributed by atoms with Crippen LogP contribution in [0.2, 0.25) is 0 Å². The standard InChI is InChI=1S/C16H13N3/c1-2-12-5-3-4-6-13(12)16-18-14-8-7-11(10-17)9-15(14)19-16/h3-9H,2H2,1H3,(H,18,19). The van der Waals surface area contributed by atoms with Crippen LogP contribution in [0.5, 0.6) is 0 Å². The minimum Gasteiger partial charge on any atom is -0.338 e. The maximum absolute atomic E-state index is 8.92. The maximum Gasteiger partial charge on any atom is 0.138 e. The molecule has 3 rings (SSSR count). The molecule has 92 valence electrons. The van der Waals surface area contributed by atoms with Crippen molar-refractivity contribution in [2.45, 2.75) is 13.3 Å². The number of benzene rings is 2. The van der Waals surface area contributed by atoms with Crippen LogP contribution < -0.4 is 0 Å². The van der Waals surface area contributed by atoms with Crippen molar-refractivity contribution >= 4 is 11.0 Å². The van der Waals surface area contributed by atoms with Gasteiger partial charge in [0.1, 0.15) is 5.82 Å². The van der Waals surface area contributed by atoms with Crippen molar-refractivity contribution in [3.05, 3.63) is 53.6 Å². The molecule has 0 aliphatic rings. The van der Waals surface area contributed by atoms with E-state index >= 15 is 0 Å². The van der Waals surface area contributed by atoms with Gasteiger partial charge in [-0.15, -0.1) is 0 Å². The second-order valence-electron chi connectivity index (χ2n) is 4.44. The number of fused-ring (bicyclic) bond motifs is 1. The van der Waals surface area contributed by atoms with Crippen molar-refractivity contribution in [2.75, 3.05) is 0 Å². The van der Waals surface area contributed by atoms with Crippen molar-refractivity contribution in [2.24, 2.45) is 0 Å². The Morgan fingerprint density at radius 1 is 1.21 bits per heavy atom. The zero-order valence-electron chi connectivity index (χ0n) is 10.6. The summed E-state index contributed by atoms with van der Waals surface area (Å²) in [7, 11) is 0. The van der Waals surface area contributed by atoms with E-state index in [0.717, 1.165) is 28.8 Å². The van der Waals surface area contributed by atoms with E-state index in [0.29, 0.717) is 5.56 Å². The predicted octanol–water partition coefficient (Wildman–Crippen LogP) is 3.66. The van der Waals surface area contributed by atoms with Crippen molar-refractivity contribution in [1.29, 1.82) is 5.26 Å². The number of H-pyrrole nitrogens is 1. The van der Waals surface area contributed by atoms with Crippen molar-refractivity contribution in [1.82, 2.24) is 9.97 Å². The van der Waals surface area contributed by atoms with Crippen LogP contribution in [-0.2, 0) is 6.42 Å². The fourth-order valence-corrected chi connectivity index (χ4v) is 2.27. The number of nitriles is 1. The first-order valence-electron chi connectivity index (χ1n) is 6.30. The number of rotatable bonds is 2. The summed E-state index contributed by atoms with van der Waals surface area (Å²) in [4.78, 5) is 7.90. The lowest BCUT2D eigenvalue weighted by atomic mass is 10.1. The molecule has 3 heteroatoms. The number of aromatic nitrogens is 2. The molecule has 0 amide bonds. The molecule has 1 heterocycles. The highest BCUT2D eigenvalue weighted by Gasteiger charge is 2.08. The Hall–Kier alpha value is -2.60. The summed E-state index contributed by atoms with van der Waals surface area (Å²) < 4.78 is 0. The second-order valence-corrected chi connectivity index (χ2v) is 4.44. The van der Waals surface area contributed by atoms with Crippen LogP contribution in [-0.4, -0.2) is 9.97 Å². The largest absolute Gasteiger partial charge is 0.338 e. The molecule has 3 nitrogen and oxygen atoms in total. The number of hydrogen-bond donors (Lipinski definition) is 1. The third-order valence-corrected chi connectivity index (χ3v) is 3.26. The summed E-state index contributed by atoms with van der Waals surface area (Å²) in [5, 5.41) is 8.92. The van der Waals surface area contributed by atoms with Crippen LogP contribution in [0.3, 0.4) is 0 Å². The third kappa shape index (κ3) is 1.98. The first kappa shape index (κ1) is 11.5. The molecule has 0 saturated heterocycles. The minimum absolute atomic E-state index is 0.645. The molecule has 0 spiro atoms. The summed E-state index contributed by atoms with van der Waals surface area (Å²) in [6.07, 6.45) is 0.969. The van der Waals surface area contributed by atoms with Crippen LogP contribution >= 0.6 is 0 Å². The molecule has 0 fully saturated rings. The molecule has 0 aliphatic carbocycles. The lowest BCUT2D eigenvalue weighted by Gasteiger charge is -2.03. The normalized spacial score (nSPS) is 10.5. The van der Waals surface area contributed by atoms with Crippen molar-refractivity contribution in [3.8, 4) is 17.5 Å². The second kappa shape index (κ2) is 4.58. The predicted molar refractivity (Wildman–Crippen MR) is 75.6 cm³/mol. The molecule has 0 atom stereocenters. The molecule has 1 N–H and O–H groups in total. The van der Waals surface area contributed by atoms with Gasteiger partial charge >= 0.3 is 0 Å². The van der Waals surface area contributed by atoms with Gasteiger partial charge in [-0.3, -0.25) is 0 Å². The molecular formula is C16H13N3. The molecule has 0 saturated carbocycles. The fourth-order valence-electron chi connectivity index (χ4n) is 2.27. The molecule has 0 bridgehead atoms. The summed E-state index contributed by atoms with van der Waals surface area (Å²) in [6, 6.07) is 15.9. The zero-order valence-corrected chi connectivity index (χ0v) is 10.6. The highest BCUT2D eigenvalue weighted by Crippen LogP contribution is 2.24. The third-order valence-electron chi connectivity index (χ3n) is 3.26. The van der Waals surface area contributed by atoms with Gasteiger partial charge in [0.2, 0.25) is 0 Å². The molecule has 0 aliphatic heterocycles. The Morgan fingerprint density at radius 3 is 2.84 bits per heavy atom. The van der Waals surface area contributed by atoms with Gasteiger partial charge in [0.15, 0.2) is 0 Å². The Labute approximate surface area is 111 Å². The summed E-state index contributed by atoms with van der Waals surface area (Å²) in [6.45, 7) is 2.13. The summed E-state index contributed by atoms with van der Waals surface area (Å²) in [5.74, 6) is 0.863. The van der Waals surface area contributed by atoms with Crippen LogP contribution in [0, 0.1) is 11.3 Å². The number of nitrogens with zero attached hydrogens (tertiary/aromatic N) is 2. The quantitative estimate of drug-likeness (QED) is 0.751. The van der Waals surface area contributed by atoms with Gasteiger partial charge < -0.3 is 4.98 Å². The lowest BCUT2D eigenvalue weighted by molar-refractivity contribution is 1.13. The molecule has 1 aromatic heterocycles. The average molecular weight is 247 g/mol. The lowest BCUT2D eigenvalue weighted by Crippen LogP contribution is -1.88. The van der Waals surface area contributed by atoms with Crippen LogP contribution in [0.4, 0.5) is 0 Å². The summed E-state index contributed by atoms with van der Waals surface area (Å²) in [5.41, 5.74) is 4.83. The Balaban J connectivity index is 2.18. The number of aryl methyl sites for hydroxylation is 1. The summed E-state index contributed by atoms with van der Waals surface area (Å²) >= 11 is 0. The van der Waals surface area contributed by atoms with Crippen LogP contribution in [0.15, 0.2) is 42.5 Å². The first-order chi connectivity index (χ1) is 9.31. The molecule has 2 aromatic carbocycles. The molecule has 19 heavy (non-hydrogen) atoms. The van der Waals surface area contributed by atoms with Crippen LogP contribution in [0.25, 0.3) is 22.4 Å². The van der Waals surface area contributed by atoms with Crippen LogP contribution in [0.1, 0.15) is 18.1 Å². The van der Waals surface area contributed by atoms with Crippen molar-refractivity contribution in [3.63, 3.8) is 0 Å². The zero-order chi connectivity index (χ0) is 13.2. The Bertz CT molecular complexity index is 778. The SMILES string of the molecule is CCc1ccccc1-c1nc2ccc(C#N)cc2[nH]1. The first-order valence-corrected chi connectivity index (χ1v) is 6.30.